The van der Waals surface area contributed by atoms with Gasteiger partial charge in [-0.15, -0.1) is 0 Å². The number of carboxylic acid groups (broad SMARTS) is 1. The van der Waals surface area contributed by atoms with Crippen molar-refractivity contribution in [3.8, 4) is 0 Å². The van der Waals surface area contributed by atoms with E-state index in [1.165, 1.54) is 0 Å². The quantitative estimate of drug-likeness (QED) is 0.671. The van der Waals surface area contributed by atoms with Crippen LogP contribution in [0.4, 0.5) is 5.69 Å². The standard InChI is InChI=1S/C17H26BNO4/c1-19(15-5-3-2-4-6-15)12-14-8-7-13(9-10-18(22)23)11-16(14)17(20)21/h2-6,13-14,16,22-23H,7-12H2,1H3,(H,20,21)/t13?,14?,16-/m0/s1. The van der Waals surface area contributed by atoms with Gasteiger partial charge in [0.25, 0.3) is 0 Å². The SMILES string of the molecule is CN(CC1CCC(CCB(O)O)C[C@@H]1C(=O)O)c1ccccc1. The molecule has 0 heterocycles. The summed E-state index contributed by atoms with van der Waals surface area (Å²) in [5.41, 5.74) is 1.10. The molecule has 1 aromatic rings. The molecule has 3 atom stereocenters. The maximum absolute atomic E-state index is 11.6. The summed E-state index contributed by atoms with van der Waals surface area (Å²) in [6.45, 7) is 0.732. The molecule has 0 bridgehead atoms. The van der Waals surface area contributed by atoms with E-state index in [1.54, 1.807) is 0 Å². The fourth-order valence-corrected chi connectivity index (χ4v) is 3.63. The molecule has 1 aliphatic rings. The number of hydrogen-bond acceptors (Lipinski definition) is 4. The van der Waals surface area contributed by atoms with E-state index in [4.69, 9.17) is 10.0 Å². The summed E-state index contributed by atoms with van der Waals surface area (Å²) >= 11 is 0. The van der Waals surface area contributed by atoms with Gasteiger partial charge in [0.1, 0.15) is 0 Å². The second-order valence-electron chi connectivity index (χ2n) is 6.66. The van der Waals surface area contributed by atoms with Gasteiger partial charge >= 0.3 is 13.1 Å². The molecular weight excluding hydrogens is 293 g/mol. The number of nitrogens with zero attached hydrogens (tertiary/aromatic N) is 1. The first kappa shape index (κ1) is 17.8. The number of para-hydroxylation sites is 1. The molecule has 0 spiro atoms. The maximum Gasteiger partial charge on any atom is 0.451 e. The minimum Gasteiger partial charge on any atom is -0.481 e. The number of rotatable bonds is 7. The molecule has 2 rings (SSSR count). The lowest BCUT2D eigenvalue weighted by molar-refractivity contribution is -0.145. The first-order valence-corrected chi connectivity index (χ1v) is 8.32. The second-order valence-corrected chi connectivity index (χ2v) is 6.66. The highest BCUT2D eigenvalue weighted by molar-refractivity contribution is 6.40. The van der Waals surface area contributed by atoms with Gasteiger partial charge in [-0.2, -0.15) is 0 Å². The zero-order valence-corrected chi connectivity index (χ0v) is 13.6. The van der Waals surface area contributed by atoms with Gasteiger partial charge in [-0.05, 0) is 43.1 Å². The molecule has 0 aromatic heterocycles. The number of benzene rings is 1. The number of anilines is 1. The van der Waals surface area contributed by atoms with Crippen LogP contribution >= 0.6 is 0 Å². The van der Waals surface area contributed by atoms with Gasteiger partial charge in [-0.3, -0.25) is 4.79 Å². The van der Waals surface area contributed by atoms with Crippen LogP contribution in [0.2, 0.25) is 6.32 Å². The fraction of sp³-hybridized carbons (Fsp3) is 0.588. The Morgan fingerprint density at radius 2 is 1.96 bits per heavy atom. The molecule has 0 amide bonds. The van der Waals surface area contributed by atoms with Crippen molar-refractivity contribution in [3.63, 3.8) is 0 Å². The number of hydrogen-bond donors (Lipinski definition) is 3. The Morgan fingerprint density at radius 3 is 2.57 bits per heavy atom. The van der Waals surface area contributed by atoms with Gasteiger partial charge in [0.05, 0.1) is 5.92 Å². The molecule has 2 unspecified atom stereocenters. The van der Waals surface area contributed by atoms with Crippen molar-refractivity contribution < 1.29 is 19.9 Å². The van der Waals surface area contributed by atoms with Gasteiger partial charge in [0, 0.05) is 19.3 Å². The minimum atomic E-state index is -1.29. The molecule has 0 saturated heterocycles. The monoisotopic (exact) mass is 319 g/mol. The van der Waals surface area contributed by atoms with E-state index in [1.807, 2.05) is 37.4 Å². The van der Waals surface area contributed by atoms with E-state index in [9.17, 15) is 9.90 Å². The first-order chi connectivity index (χ1) is 11.0. The summed E-state index contributed by atoms with van der Waals surface area (Å²) in [5, 5.41) is 27.5. The lowest BCUT2D eigenvalue weighted by atomic mass is 9.70. The van der Waals surface area contributed by atoms with Crippen LogP contribution in [0.15, 0.2) is 30.3 Å². The summed E-state index contributed by atoms with van der Waals surface area (Å²) in [4.78, 5) is 13.8. The van der Waals surface area contributed by atoms with Crippen molar-refractivity contribution >= 4 is 18.8 Å². The molecule has 0 radical (unpaired) electrons. The van der Waals surface area contributed by atoms with E-state index in [-0.39, 0.29) is 17.8 Å². The van der Waals surface area contributed by atoms with Gasteiger partial charge < -0.3 is 20.1 Å². The van der Waals surface area contributed by atoms with Crippen LogP contribution in [-0.4, -0.2) is 41.8 Å². The van der Waals surface area contributed by atoms with Crippen molar-refractivity contribution in [2.75, 3.05) is 18.5 Å². The van der Waals surface area contributed by atoms with Gasteiger partial charge in [0.15, 0.2) is 0 Å². The Kier molecular flexibility index (Phi) is 6.48. The second kappa shape index (κ2) is 8.36. The number of carbonyl (C=O) groups is 1. The van der Waals surface area contributed by atoms with Crippen LogP contribution in [0.1, 0.15) is 25.7 Å². The predicted octanol–water partition coefficient (Wildman–Crippen LogP) is 2.10. The number of aliphatic carboxylic acids is 1. The molecule has 0 aliphatic heterocycles. The molecule has 5 nitrogen and oxygen atoms in total. The largest absolute Gasteiger partial charge is 0.481 e. The highest BCUT2D eigenvalue weighted by Gasteiger charge is 2.35. The summed E-state index contributed by atoms with van der Waals surface area (Å²) in [7, 11) is 0.711. The molecule has 1 aliphatic carbocycles. The van der Waals surface area contributed by atoms with Crippen molar-refractivity contribution in [2.45, 2.75) is 32.0 Å². The Labute approximate surface area is 138 Å². The summed E-state index contributed by atoms with van der Waals surface area (Å²) in [6, 6.07) is 10.0. The Bertz CT molecular complexity index is 497. The van der Waals surface area contributed by atoms with Crippen molar-refractivity contribution in [1.82, 2.24) is 0 Å². The summed E-state index contributed by atoms with van der Waals surface area (Å²) in [5.74, 6) is -0.675. The average Bonchev–Trinajstić information content (AvgIpc) is 2.54. The molecule has 6 heteroatoms. The summed E-state index contributed by atoms with van der Waals surface area (Å²) in [6.07, 6.45) is 3.48. The van der Waals surface area contributed by atoms with Gasteiger partial charge in [0.2, 0.25) is 0 Å². The minimum absolute atomic E-state index is 0.132. The Morgan fingerprint density at radius 1 is 1.26 bits per heavy atom. The molecule has 1 saturated carbocycles. The maximum atomic E-state index is 11.6. The first-order valence-electron chi connectivity index (χ1n) is 8.32. The molecule has 1 aromatic carbocycles. The molecule has 126 valence electrons. The smallest absolute Gasteiger partial charge is 0.451 e. The van der Waals surface area contributed by atoms with Crippen molar-refractivity contribution in [1.29, 1.82) is 0 Å². The highest BCUT2D eigenvalue weighted by atomic mass is 16.4. The zero-order valence-electron chi connectivity index (χ0n) is 13.6. The molecule has 1 fully saturated rings. The van der Waals surface area contributed by atoms with Gasteiger partial charge in [-0.1, -0.05) is 31.0 Å². The van der Waals surface area contributed by atoms with E-state index >= 15 is 0 Å². The third-order valence-electron chi connectivity index (χ3n) is 4.96. The van der Waals surface area contributed by atoms with Crippen molar-refractivity contribution in [3.05, 3.63) is 30.3 Å². The molecule has 23 heavy (non-hydrogen) atoms. The Balaban J connectivity index is 1.95. The lowest BCUT2D eigenvalue weighted by Gasteiger charge is -2.36. The topological polar surface area (TPSA) is 81.0 Å². The molecule has 3 N–H and O–H groups in total. The zero-order chi connectivity index (χ0) is 16.8. The summed E-state index contributed by atoms with van der Waals surface area (Å²) < 4.78 is 0. The van der Waals surface area contributed by atoms with E-state index in [0.717, 1.165) is 25.1 Å². The normalized spacial score (nSPS) is 24.2. The van der Waals surface area contributed by atoms with Crippen LogP contribution in [0.5, 0.6) is 0 Å². The third-order valence-corrected chi connectivity index (χ3v) is 4.96. The predicted molar refractivity (Wildman–Crippen MR) is 91.3 cm³/mol. The van der Waals surface area contributed by atoms with Crippen LogP contribution in [0, 0.1) is 17.8 Å². The van der Waals surface area contributed by atoms with E-state index in [2.05, 4.69) is 4.90 Å². The van der Waals surface area contributed by atoms with Crippen LogP contribution < -0.4 is 4.90 Å². The molecular formula is C17H26BNO4. The number of carboxylic acids is 1. The van der Waals surface area contributed by atoms with Crippen LogP contribution in [0.3, 0.4) is 0 Å². The average molecular weight is 319 g/mol. The van der Waals surface area contributed by atoms with E-state index in [0.29, 0.717) is 19.2 Å². The highest BCUT2D eigenvalue weighted by Crippen LogP contribution is 2.37. The fourth-order valence-electron chi connectivity index (χ4n) is 3.63. The Hall–Kier alpha value is -1.53. The lowest BCUT2D eigenvalue weighted by Crippen LogP contribution is -2.38. The van der Waals surface area contributed by atoms with Crippen molar-refractivity contribution in [2.24, 2.45) is 17.8 Å². The third kappa shape index (κ3) is 5.25. The van der Waals surface area contributed by atoms with Crippen LogP contribution in [0.25, 0.3) is 0 Å². The van der Waals surface area contributed by atoms with Crippen LogP contribution in [-0.2, 0) is 4.79 Å². The van der Waals surface area contributed by atoms with Gasteiger partial charge in [-0.25, -0.2) is 0 Å². The van der Waals surface area contributed by atoms with E-state index < -0.39 is 13.1 Å².